The highest BCUT2D eigenvalue weighted by Gasteiger charge is 2.22. The van der Waals surface area contributed by atoms with E-state index < -0.39 is 0 Å². The summed E-state index contributed by atoms with van der Waals surface area (Å²) in [6.45, 7) is 6.29. The molecule has 1 heterocycles. The molecule has 3 nitrogen and oxygen atoms in total. The molecule has 0 fully saturated rings. The van der Waals surface area contributed by atoms with Gasteiger partial charge in [0, 0.05) is 14.0 Å². The van der Waals surface area contributed by atoms with Crippen LogP contribution in [0.15, 0.2) is 18.2 Å². The minimum absolute atomic E-state index is 0.330. The van der Waals surface area contributed by atoms with Gasteiger partial charge < -0.3 is 10.5 Å². The minimum Gasteiger partial charge on any atom is -0.462 e. The number of nitrogen functional groups attached to an aromatic ring is 1. The van der Waals surface area contributed by atoms with Crippen LogP contribution in [-0.4, -0.2) is 12.6 Å². The van der Waals surface area contributed by atoms with E-state index in [9.17, 15) is 4.79 Å². The lowest BCUT2D eigenvalue weighted by Crippen LogP contribution is -2.05. The Bertz CT molecular complexity index is 679. The monoisotopic (exact) mass is 415 g/mol. The Kier molecular flexibility index (Phi) is 5.27. The molecule has 0 unspecified atom stereocenters. The highest BCUT2D eigenvalue weighted by molar-refractivity contribution is 14.1. The fraction of sp³-hybridized carbons (Fsp3) is 0.312. The molecule has 0 bridgehead atoms. The van der Waals surface area contributed by atoms with Gasteiger partial charge in [0.15, 0.2) is 0 Å². The summed E-state index contributed by atoms with van der Waals surface area (Å²) in [5.74, 6) is -0.330. The Morgan fingerprint density at radius 2 is 2.10 bits per heavy atom. The molecule has 2 rings (SSSR count). The fourth-order valence-corrected chi connectivity index (χ4v) is 4.27. The van der Waals surface area contributed by atoms with Crippen molar-refractivity contribution in [1.82, 2.24) is 0 Å². The van der Waals surface area contributed by atoms with Crippen LogP contribution in [0.25, 0.3) is 10.4 Å². The van der Waals surface area contributed by atoms with E-state index in [-0.39, 0.29) is 5.97 Å². The number of rotatable bonds is 4. The van der Waals surface area contributed by atoms with Crippen molar-refractivity contribution in [3.63, 3.8) is 0 Å². The van der Waals surface area contributed by atoms with Crippen LogP contribution in [0.5, 0.6) is 0 Å². The Morgan fingerprint density at radius 3 is 2.71 bits per heavy atom. The van der Waals surface area contributed by atoms with Crippen molar-refractivity contribution in [3.05, 3.63) is 37.8 Å². The maximum atomic E-state index is 12.0. The van der Waals surface area contributed by atoms with Gasteiger partial charge in [-0.25, -0.2) is 4.79 Å². The Balaban J connectivity index is 2.61. The van der Waals surface area contributed by atoms with Crippen LogP contribution in [-0.2, 0) is 11.2 Å². The first-order valence-corrected chi connectivity index (χ1v) is 8.74. The van der Waals surface area contributed by atoms with Gasteiger partial charge in [-0.2, -0.15) is 0 Å². The maximum Gasteiger partial charge on any atom is 0.350 e. The molecule has 0 amide bonds. The molecule has 0 aliphatic carbocycles. The highest BCUT2D eigenvalue weighted by Crippen LogP contribution is 2.41. The van der Waals surface area contributed by atoms with E-state index in [1.807, 2.05) is 6.07 Å². The molecule has 5 heteroatoms. The van der Waals surface area contributed by atoms with Gasteiger partial charge in [0.25, 0.3) is 0 Å². The molecule has 0 saturated carbocycles. The normalized spacial score (nSPS) is 10.7. The van der Waals surface area contributed by atoms with Gasteiger partial charge in [-0.1, -0.05) is 25.1 Å². The van der Waals surface area contributed by atoms with Gasteiger partial charge in [-0.15, -0.1) is 11.3 Å². The molecule has 0 radical (unpaired) electrons. The number of nitrogens with two attached hydrogens (primary N) is 1. The first kappa shape index (κ1) is 16.3. The topological polar surface area (TPSA) is 52.3 Å². The largest absolute Gasteiger partial charge is 0.462 e. The van der Waals surface area contributed by atoms with Gasteiger partial charge in [0.2, 0.25) is 0 Å². The lowest BCUT2D eigenvalue weighted by molar-refractivity contribution is 0.0533. The molecular weight excluding hydrogens is 397 g/mol. The number of hydrogen-bond acceptors (Lipinski definition) is 4. The van der Waals surface area contributed by atoms with E-state index in [0.717, 1.165) is 22.4 Å². The lowest BCUT2D eigenvalue weighted by Gasteiger charge is -2.07. The minimum atomic E-state index is -0.330. The summed E-state index contributed by atoms with van der Waals surface area (Å²) in [4.78, 5) is 13.6. The van der Waals surface area contributed by atoms with Gasteiger partial charge >= 0.3 is 5.97 Å². The average Bonchev–Trinajstić information content (AvgIpc) is 2.79. The van der Waals surface area contributed by atoms with E-state index in [4.69, 9.17) is 10.5 Å². The predicted molar refractivity (Wildman–Crippen MR) is 97.0 cm³/mol. The summed E-state index contributed by atoms with van der Waals surface area (Å²) >= 11 is 3.78. The first-order chi connectivity index (χ1) is 10.0. The lowest BCUT2D eigenvalue weighted by atomic mass is 10.0. The fourth-order valence-electron chi connectivity index (χ4n) is 2.22. The second-order valence-electron chi connectivity index (χ2n) is 4.66. The summed E-state index contributed by atoms with van der Waals surface area (Å²) in [7, 11) is 0. The van der Waals surface area contributed by atoms with Crippen molar-refractivity contribution in [3.8, 4) is 10.4 Å². The second kappa shape index (κ2) is 6.79. The maximum absolute atomic E-state index is 12.0. The van der Waals surface area contributed by atoms with Crippen molar-refractivity contribution in [2.45, 2.75) is 27.2 Å². The standard InChI is InChI=1S/C16H18INO2S/c1-4-10-13(18)15(16(19)20-5-2)21-14(10)11-8-6-7-9(3)12(11)17/h6-8H,4-5,18H2,1-3H3. The van der Waals surface area contributed by atoms with Crippen molar-refractivity contribution in [1.29, 1.82) is 0 Å². The van der Waals surface area contributed by atoms with Crippen LogP contribution in [0.4, 0.5) is 5.69 Å². The zero-order valence-electron chi connectivity index (χ0n) is 12.3. The third-order valence-electron chi connectivity index (χ3n) is 3.30. The number of hydrogen-bond donors (Lipinski definition) is 1. The first-order valence-electron chi connectivity index (χ1n) is 6.84. The number of anilines is 1. The summed E-state index contributed by atoms with van der Waals surface area (Å²) in [6, 6.07) is 6.19. The SMILES string of the molecule is CCOC(=O)c1sc(-c2cccc(C)c2I)c(CC)c1N. The van der Waals surface area contributed by atoms with Gasteiger partial charge in [0.1, 0.15) is 4.88 Å². The zero-order chi connectivity index (χ0) is 15.6. The Labute approximate surface area is 142 Å². The molecule has 1 aromatic heterocycles. The molecule has 2 N–H and O–H groups in total. The van der Waals surface area contributed by atoms with E-state index >= 15 is 0 Å². The van der Waals surface area contributed by atoms with E-state index in [1.165, 1.54) is 20.5 Å². The van der Waals surface area contributed by atoms with Crippen LogP contribution < -0.4 is 5.73 Å². The molecule has 1 aromatic carbocycles. The molecule has 0 spiro atoms. The van der Waals surface area contributed by atoms with Gasteiger partial charge in [-0.05, 0) is 54.0 Å². The quantitative estimate of drug-likeness (QED) is 0.584. The summed E-state index contributed by atoms with van der Waals surface area (Å²) in [6.07, 6.45) is 0.793. The third-order valence-corrected chi connectivity index (χ3v) is 5.99. The van der Waals surface area contributed by atoms with Crippen molar-refractivity contribution < 1.29 is 9.53 Å². The van der Waals surface area contributed by atoms with Gasteiger partial charge in [0.05, 0.1) is 12.3 Å². The number of carbonyl (C=O) groups excluding carboxylic acids is 1. The molecule has 0 aliphatic heterocycles. The van der Waals surface area contributed by atoms with Crippen LogP contribution in [0, 0.1) is 10.5 Å². The molecule has 0 aliphatic rings. The second-order valence-corrected chi connectivity index (χ2v) is 6.76. The number of thiophene rings is 1. The molecule has 112 valence electrons. The van der Waals surface area contributed by atoms with E-state index in [2.05, 4.69) is 48.6 Å². The van der Waals surface area contributed by atoms with Crippen LogP contribution in [0.2, 0.25) is 0 Å². The van der Waals surface area contributed by atoms with Crippen molar-refractivity contribution in [2.24, 2.45) is 0 Å². The smallest absolute Gasteiger partial charge is 0.350 e. The number of ether oxygens (including phenoxy) is 1. The Morgan fingerprint density at radius 1 is 1.38 bits per heavy atom. The van der Waals surface area contributed by atoms with E-state index in [1.54, 1.807) is 6.92 Å². The summed E-state index contributed by atoms with van der Waals surface area (Å²) in [5, 5.41) is 0. The van der Waals surface area contributed by atoms with Crippen LogP contribution in [0.3, 0.4) is 0 Å². The highest BCUT2D eigenvalue weighted by atomic mass is 127. The van der Waals surface area contributed by atoms with Gasteiger partial charge in [-0.3, -0.25) is 0 Å². The average molecular weight is 415 g/mol. The predicted octanol–water partition coefficient (Wildman–Crippen LogP) is 4.65. The summed E-state index contributed by atoms with van der Waals surface area (Å²) < 4.78 is 6.30. The number of carbonyl (C=O) groups is 1. The molecule has 2 aromatic rings. The molecule has 0 saturated heterocycles. The third kappa shape index (κ3) is 3.08. The Hall–Kier alpha value is -1.08. The van der Waals surface area contributed by atoms with Crippen molar-refractivity contribution >= 4 is 45.6 Å². The molecular formula is C16H18INO2S. The summed E-state index contributed by atoms with van der Waals surface area (Å²) in [5.41, 5.74) is 10.1. The van der Waals surface area contributed by atoms with Crippen LogP contribution >= 0.6 is 33.9 Å². The number of aryl methyl sites for hydroxylation is 1. The number of esters is 1. The molecule has 0 atom stereocenters. The van der Waals surface area contributed by atoms with E-state index in [0.29, 0.717) is 17.2 Å². The van der Waals surface area contributed by atoms with Crippen LogP contribution in [0.1, 0.15) is 34.6 Å². The molecule has 21 heavy (non-hydrogen) atoms. The number of benzene rings is 1. The zero-order valence-corrected chi connectivity index (χ0v) is 15.3. The van der Waals surface area contributed by atoms with Crippen molar-refractivity contribution in [2.75, 3.05) is 12.3 Å². The number of halogens is 1.